The van der Waals surface area contributed by atoms with Crippen molar-refractivity contribution in [3.63, 3.8) is 0 Å². The maximum absolute atomic E-state index is 13.0. The molecule has 1 heterocycles. The van der Waals surface area contributed by atoms with Crippen LogP contribution in [0.3, 0.4) is 0 Å². The van der Waals surface area contributed by atoms with Crippen molar-refractivity contribution in [3.8, 4) is 17.2 Å². The van der Waals surface area contributed by atoms with Crippen LogP contribution in [-0.2, 0) is 20.7 Å². The fraction of sp³-hybridized carbons (Fsp3) is 0.407. The molecule has 2 aromatic rings. The van der Waals surface area contributed by atoms with Gasteiger partial charge in [-0.1, -0.05) is 12.1 Å². The van der Waals surface area contributed by atoms with Crippen LogP contribution in [0.4, 0.5) is 0 Å². The van der Waals surface area contributed by atoms with Crippen molar-refractivity contribution in [2.75, 3.05) is 13.2 Å². The summed E-state index contributed by atoms with van der Waals surface area (Å²) < 4.78 is 22.3. The fourth-order valence-corrected chi connectivity index (χ4v) is 4.18. The van der Waals surface area contributed by atoms with Gasteiger partial charge in [0.1, 0.15) is 34.8 Å². The van der Waals surface area contributed by atoms with Crippen LogP contribution >= 0.6 is 11.6 Å². The summed E-state index contributed by atoms with van der Waals surface area (Å²) >= 11 is 6.10. The number of benzene rings is 2. The quantitative estimate of drug-likeness (QED) is 0.205. The molecule has 0 N–H and O–H groups in total. The smallest absolute Gasteiger partial charge is 0.324 e. The molecule has 0 fully saturated rings. The fourth-order valence-electron chi connectivity index (χ4n) is 3.94. The summed E-state index contributed by atoms with van der Waals surface area (Å²) in [6, 6.07) is 8.51. The van der Waals surface area contributed by atoms with Crippen LogP contribution in [0.1, 0.15) is 66.0 Å². The van der Waals surface area contributed by atoms with E-state index in [2.05, 4.69) is 0 Å². The van der Waals surface area contributed by atoms with Crippen LogP contribution in [0.15, 0.2) is 30.3 Å². The van der Waals surface area contributed by atoms with Crippen LogP contribution < -0.4 is 14.2 Å². The molecule has 2 unspecified atom stereocenters. The molecule has 0 saturated heterocycles. The summed E-state index contributed by atoms with van der Waals surface area (Å²) in [4.78, 5) is 48.5. The molecule has 0 amide bonds. The lowest BCUT2D eigenvalue weighted by molar-refractivity contribution is -0.142. The van der Waals surface area contributed by atoms with E-state index >= 15 is 0 Å². The normalized spacial score (nSPS) is 17.4. The average Bonchev–Trinajstić information content (AvgIpc) is 2.80. The van der Waals surface area contributed by atoms with Gasteiger partial charge in [-0.25, -0.2) is 0 Å². The molecular formula is C27H29ClO8. The van der Waals surface area contributed by atoms with Crippen molar-refractivity contribution in [3.05, 3.63) is 52.6 Å². The first-order valence-electron chi connectivity index (χ1n) is 11.6. The SMILES string of the molecule is CCOC(=O)C(Cl)Cc1ccc(OCC2(C)CC(=O)c3cc(C(C)=O)c(OC(C)=O)c(C)c3O2)cc1. The Morgan fingerprint density at radius 1 is 1.17 bits per heavy atom. The van der Waals surface area contributed by atoms with Crippen molar-refractivity contribution < 1.29 is 38.1 Å². The third-order valence-electron chi connectivity index (χ3n) is 5.69. The van der Waals surface area contributed by atoms with E-state index in [0.29, 0.717) is 17.7 Å². The van der Waals surface area contributed by atoms with Gasteiger partial charge >= 0.3 is 11.9 Å². The molecule has 0 aliphatic carbocycles. The van der Waals surface area contributed by atoms with Gasteiger partial charge in [0, 0.05) is 12.5 Å². The topological polar surface area (TPSA) is 105 Å². The first-order valence-corrected chi connectivity index (χ1v) is 12.0. The van der Waals surface area contributed by atoms with E-state index in [4.69, 9.17) is 30.5 Å². The number of ketones is 2. The summed E-state index contributed by atoms with van der Waals surface area (Å²) in [6.07, 6.45) is 0.355. The van der Waals surface area contributed by atoms with Gasteiger partial charge in [0.2, 0.25) is 0 Å². The molecule has 3 rings (SSSR count). The Morgan fingerprint density at radius 3 is 2.42 bits per heavy atom. The largest absolute Gasteiger partial charge is 0.489 e. The molecule has 0 radical (unpaired) electrons. The van der Waals surface area contributed by atoms with E-state index < -0.39 is 22.9 Å². The first-order chi connectivity index (χ1) is 16.9. The third-order valence-corrected chi connectivity index (χ3v) is 6.02. The second kappa shape index (κ2) is 11.1. The van der Waals surface area contributed by atoms with Crippen LogP contribution in [0.5, 0.6) is 17.2 Å². The Morgan fingerprint density at radius 2 is 1.83 bits per heavy atom. The number of rotatable bonds is 9. The number of fused-ring (bicyclic) bond motifs is 1. The van der Waals surface area contributed by atoms with Crippen molar-refractivity contribution >= 4 is 35.1 Å². The van der Waals surface area contributed by atoms with Crippen molar-refractivity contribution in [2.24, 2.45) is 0 Å². The van der Waals surface area contributed by atoms with Crippen LogP contribution in [-0.4, -0.2) is 47.7 Å². The summed E-state index contributed by atoms with van der Waals surface area (Å²) in [7, 11) is 0. The zero-order valence-electron chi connectivity index (χ0n) is 20.9. The lowest BCUT2D eigenvalue weighted by atomic mass is 9.88. The second-order valence-corrected chi connectivity index (χ2v) is 9.44. The molecule has 36 heavy (non-hydrogen) atoms. The number of alkyl halides is 1. The zero-order valence-corrected chi connectivity index (χ0v) is 21.7. The van der Waals surface area contributed by atoms with E-state index in [9.17, 15) is 19.2 Å². The lowest BCUT2D eigenvalue weighted by Crippen LogP contribution is -2.44. The third kappa shape index (κ3) is 6.23. The number of Topliss-reactive ketones (excluding diaryl/α,β-unsaturated/α-hetero) is 2. The summed E-state index contributed by atoms with van der Waals surface area (Å²) in [5.74, 6) is -0.677. The Bertz CT molecular complexity index is 1190. The Kier molecular flexibility index (Phi) is 8.40. The molecule has 9 heteroatoms. The van der Waals surface area contributed by atoms with Gasteiger partial charge in [-0.2, -0.15) is 0 Å². The Balaban J connectivity index is 1.75. The lowest BCUT2D eigenvalue weighted by Gasteiger charge is -2.36. The number of hydrogen-bond donors (Lipinski definition) is 0. The number of carbonyl (C=O) groups excluding carboxylic acids is 4. The molecule has 0 saturated carbocycles. The van der Waals surface area contributed by atoms with Gasteiger partial charge in [-0.3, -0.25) is 19.2 Å². The van der Waals surface area contributed by atoms with Gasteiger partial charge in [-0.15, -0.1) is 11.6 Å². The Labute approximate surface area is 214 Å². The van der Waals surface area contributed by atoms with Crippen LogP contribution in [0.2, 0.25) is 0 Å². The van der Waals surface area contributed by atoms with Gasteiger partial charge in [0.25, 0.3) is 0 Å². The van der Waals surface area contributed by atoms with Crippen molar-refractivity contribution in [1.29, 1.82) is 0 Å². The number of esters is 2. The highest BCUT2D eigenvalue weighted by molar-refractivity contribution is 6.30. The minimum atomic E-state index is -0.996. The van der Waals surface area contributed by atoms with E-state index in [0.717, 1.165) is 5.56 Å². The maximum atomic E-state index is 13.0. The van der Waals surface area contributed by atoms with E-state index in [1.54, 1.807) is 45.0 Å². The molecular weight excluding hydrogens is 488 g/mol. The second-order valence-electron chi connectivity index (χ2n) is 8.91. The van der Waals surface area contributed by atoms with Gasteiger partial charge < -0.3 is 18.9 Å². The van der Waals surface area contributed by atoms with Crippen LogP contribution in [0, 0.1) is 6.92 Å². The van der Waals surface area contributed by atoms with Crippen molar-refractivity contribution in [2.45, 2.75) is 58.4 Å². The highest BCUT2D eigenvalue weighted by Gasteiger charge is 2.40. The maximum Gasteiger partial charge on any atom is 0.324 e. The predicted molar refractivity (Wildman–Crippen MR) is 132 cm³/mol. The molecule has 0 aromatic heterocycles. The molecule has 8 nitrogen and oxygen atoms in total. The van der Waals surface area contributed by atoms with Crippen molar-refractivity contribution in [1.82, 2.24) is 0 Å². The molecule has 0 spiro atoms. The average molecular weight is 517 g/mol. The minimum Gasteiger partial charge on any atom is -0.489 e. The molecule has 1 aliphatic heterocycles. The summed E-state index contributed by atoms with van der Waals surface area (Å²) in [6.45, 7) is 8.03. The van der Waals surface area contributed by atoms with Crippen LogP contribution in [0.25, 0.3) is 0 Å². The minimum absolute atomic E-state index is 0.0370. The first kappa shape index (κ1) is 27.2. The number of ether oxygens (including phenoxy) is 4. The molecule has 2 atom stereocenters. The van der Waals surface area contributed by atoms with E-state index in [1.165, 1.54) is 19.9 Å². The van der Waals surface area contributed by atoms with Gasteiger partial charge in [0.05, 0.1) is 24.2 Å². The number of halogens is 1. The highest BCUT2D eigenvalue weighted by atomic mass is 35.5. The highest BCUT2D eigenvalue weighted by Crippen LogP contribution is 2.42. The zero-order chi connectivity index (χ0) is 26.6. The molecule has 0 bridgehead atoms. The van der Waals surface area contributed by atoms with Gasteiger partial charge in [-0.05, 0) is 57.9 Å². The predicted octanol–water partition coefficient (Wildman–Crippen LogP) is 4.64. The van der Waals surface area contributed by atoms with E-state index in [1.807, 2.05) is 0 Å². The van der Waals surface area contributed by atoms with Gasteiger partial charge in [0.15, 0.2) is 11.6 Å². The summed E-state index contributed by atoms with van der Waals surface area (Å²) in [5, 5.41) is -0.777. The Hall–Kier alpha value is -3.39. The molecule has 1 aliphatic rings. The summed E-state index contributed by atoms with van der Waals surface area (Å²) in [5.41, 5.74) is 0.667. The number of hydrogen-bond acceptors (Lipinski definition) is 8. The van der Waals surface area contributed by atoms with E-state index in [-0.39, 0.29) is 53.8 Å². The number of carbonyl (C=O) groups is 4. The standard InChI is InChI=1S/C27H29ClO8/c1-6-33-26(32)22(28)11-18-7-9-19(10-8-18)34-14-27(5)13-23(31)21-12-20(16(3)29)24(35-17(4)30)15(2)25(21)36-27/h7-10,12,22H,6,11,13-14H2,1-5H3. The molecule has 192 valence electrons. The molecule has 2 aromatic carbocycles. The monoisotopic (exact) mass is 516 g/mol.